The van der Waals surface area contributed by atoms with Crippen LogP contribution in [0.5, 0.6) is 5.75 Å². The zero-order valence-electron chi connectivity index (χ0n) is 15.7. The minimum atomic E-state index is -0.411. The molecule has 6 nitrogen and oxygen atoms in total. The molecule has 0 atom stereocenters. The van der Waals surface area contributed by atoms with Crippen molar-refractivity contribution >= 4 is 34.3 Å². The van der Waals surface area contributed by atoms with Gasteiger partial charge in [-0.25, -0.2) is 4.39 Å². The summed E-state index contributed by atoms with van der Waals surface area (Å²) in [6, 6.07) is 18.9. The number of benzene rings is 2. The second kappa shape index (κ2) is 9.12. The summed E-state index contributed by atoms with van der Waals surface area (Å²) in [5.74, 6) is 1.09. The molecule has 0 bridgehead atoms. The SMILES string of the molecule is O=C(Nc1ccn(Cc2cccc(F)c2)n1)c1ccc(COc2ccc(I)cc2)o1. The van der Waals surface area contributed by atoms with Crippen LogP contribution in [0.4, 0.5) is 10.2 Å². The fourth-order valence-corrected chi connectivity index (χ4v) is 3.14. The van der Waals surface area contributed by atoms with Crippen molar-refractivity contribution in [2.24, 2.45) is 0 Å². The number of aromatic nitrogens is 2. The lowest BCUT2D eigenvalue weighted by molar-refractivity contribution is 0.0992. The number of hydrogen-bond acceptors (Lipinski definition) is 4. The maximum Gasteiger partial charge on any atom is 0.292 e. The van der Waals surface area contributed by atoms with Crippen LogP contribution in [0.1, 0.15) is 21.9 Å². The van der Waals surface area contributed by atoms with Crippen LogP contribution in [-0.2, 0) is 13.2 Å². The summed E-state index contributed by atoms with van der Waals surface area (Å²) in [6.07, 6.45) is 1.71. The van der Waals surface area contributed by atoms with Gasteiger partial charge in [-0.3, -0.25) is 9.48 Å². The van der Waals surface area contributed by atoms with E-state index in [0.717, 1.165) is 14.9 Å². The molecular weight excluding hydrogens is 500 g/mol. The Morgan fingerprint density at radius 2 is 1.97 bits per heavy atom. The number of carbonyl (C=O) groups is 1. The van der Waals surface area contributed by atoms with Crippen LogP contribution in [0.25, 0.3) is 0 Å². The molecule has 4 aromatic rings. The molecule has 152 valence electrons. The van der Waals surface area contributed by atoms with Gasteiger partial charge in [-0.2, -0.15) is 5.10 Å². The van der Waals surface area contributed by atoms with Gasteiger partial charge < -0.3 is 14.5 Å². The summed E-state index contributed by atoms with van der Waals surface area (Å²) >= 11 is 2.22. The number of rotatable bonds is 7. The highest BCUT2D eigenvalue weighted by Crippen LogP contribution is 2.17. The van der Waals surface area contributed by atoms with Crippen LogP contribution in [0.2, 0.25) is 0 Å². The molecule has 8 heteroatoms. The number of amides is 1. The van der Waals surface area contributed by atoms with Gasteiger partial charge in [-0.15, -0.1) is 0 Å². The molecule has 4 rings (SSSR count). The molecule has 1 N–H and O–H groups in total. The van der Waals surface area contributed by atoms with Crippen molar-refractivity contribution in [2.75, 3.05) is 5.32 Å². The van der Waals surface area contributed by atoms with Gasteiger partial charge in [0.1, 0.15) is 23.9 Å². The van der Waals surface area contributed by atoms with Crippen LogP contribution in [0.3, 0.4) is 0 Å². The predicted octanol–water partition coefficient (Wildman–Crippen LogP) is 5.10. The lowest BCUT2D eigenvalue weighted by atomic mass is 10.2. The summed E-state index contributed by atoms with van der Waals surface area (Å²) in [5.41, 5.74) is 0.778. The van der Waals surface area contributed by atoms with Gasteiger partial charge in [-0.05, 0) is 76.7 Å². The largest absolute Gasteiger partial charge is 0.486 e. The maximum atomic E-state index is 13.3. The fourth-order valence-electron chi connectivity index (χ4n) is 2.78. The average molecular weight is 517 g/mol. The van der Waals surface area contributed by atoms with Gasteiger partial charge in [0, 0.05) is 15.8 Å². The molecule has 0 aliphatic heterocycles. The van der Waals surface area contributed by atoms with E-state index in [0.29, 0.717) is 18.1 Å². The van der Waals surface area contributed by atoms with Crippen LogP contribution in [0.15, 0.2) is 77.3 Å². The minimum Gasteiger partial charge on any atom is -0.486 e. The lowest BCUT2D eigenvalue weighted by Crippen LogP contribution is -2.12. The molecule has 2 heterocycles. The molecule has 2 aromatic heterocycles. The third-order valence-electron chi connectivity index (χ3n) is 4.20. The highest BCUT2D eigenvalue weighted by Gasteiger charge is 2.13. The van der Waals surface area contributed by atoms with Gasteiger partial charge in [0.15, 0.2) is 11.6 Å². The molecular formula is C22H17FIN3O3. The van der Waals surface area contributed by atoms with Gasteiger partial charge in [-0.1, -0.05) is 12.1 Å². The van der Waals surface area contributed by atoms with E-state index in [1.54, 1.807) is 35.1 Å². The number of hydrogen-bond donors (Lipinski definition) is 1. The molecule has 1 amide bonds. The molecule has 0 fully saturated rings. The van der Waals surface area contributed by atoms with Crippen molar-refractivity contribution in [1.29, 1.82) is 0 Å². The zero-order valence-corrected chi connectivity index (χ0v) is 17.9. The normalized spacial score (nSPS) is 10.7. The number of halogens is 2. The van der Waals surface area contributed by atoms with Crippen molar-refractivity contribution < 1.29 is 18.3 Å². The Morgan fingerprint density at radius 1 is 1.13 bits per heavy atom. The van der Waals surface area contributed by atoms with E-state index in [1.807, 2.05) is 30.3 Å². The summed E-state index contributed by atoms with van der Waals surface area (Å²) in [5, 5.41) is 6.97. The molecule has 2 aromatic carbocycles. The van der Waals surface area contributed by atoms with Crippen molar-refractivity contribution in [3.05, 3.63) is 99.4 Å². The zero-order chi connectivity index (χ0) is 20.9. The molecule has 0 unspecified atom stereocenters. The third-order valence-corrected chi connectivity index (χ3v) is 4.92. The minimum absolute atomic E-state index is 0.163. The van der Waals surface area contributed by atoms with Crippen LogP contribution in [0, 0.1) is 9.39 Å². The Balaban J connectivity index is 1.33. The lowest BCUT2D eigenvalue weighted by Gasteiger charge is -2.04. The number of anilines is 1. The Hall–Kier alpha value is -3.14. The molecule has 0 saturated carbocycles. The number of nitrogens with one attached hydrogen (secondary N) is 1. The van der Waals surface area contributed by atoms with E-state index in [4.69, 9.17) is 9.15 Å². The summed E-state index contributed by atoms with van der Waals surface area (Å²) in [6.45, 7) is 0.616. The molecule has 0 saturated heterocycles. The summed E-state index contributed by atoms with van der Waals surface area (Å²) in [7, 11) is 0. The Morgan fingerprint density at radius 3 is 2.77 bits per heavy atom. The van der Waals surface area contributed by atoms with Crippen LogP contribution in [-0.4, -0.2) is 15.7 Å². The Kier molecular flexibility index (Phi) is 6.12. The van der Waals surface area contributed by atoms with Crippen molar-refractivity contribution in [3.63, 3.8) is 0 Å². The molecule has 0 aliphatic rings. The van der Waals surface area contributed by atoms with Crippen molar-refractivity contribution in [3.8, 4) is 5.75 Å². The van der Waals surface area contributed by atoms with E-state index in [1.165, 1.54) is 12.1 Å². The number of ether oxygens (including phenoxy) is 1. The molecule has 0 aliphatic carbocycles. The van der Waals surface area contributed by atoms with E-state index in [2.05, 4.69) is 33.0 Å². The standard InChI is InChI=1S/C22H17FIN3O3/c23-16-3-1-2-15(12-16)13-27-11-10-21(26-27)25-22(28)20-9-8-19(30-20)14-29-18-6-4-17(24)5-7-18/h1-12H,13-14H2,(H,25,26,28). The van der Waals surface area contributed by atoms with Crippen molar-refractivity contribution in [2.45, 2.75) is 13.2 Å². The second-order valence-electron chi connectivity index (χ2n) is 6.49. The summed E-state index contributed by atoms with van der Waals surface area (Å²) < 4.78 is 27.3. The molecule has 0 radical (unpaired) electrons. The fraction of sp³-hybridized carbons (Fsp3) is 0.0909. The van der Waals surface area contributed by atoms with Crippen LogP contribution >= 0.6 is 22.6 Å². The predicted molar refractivity (Wildman–Crippen MR) is 118 cm³/mol. The number of nitrogens with zero attached hydrogens (tertiary/aromatic N) is 2. The first-order valence-electron chi connectivity index (χ1n) is 9.11. The highest BCUT2D eigenvalue weighted by molar-refractivity contribution is 14.1. The highest BCUT2D eigenvalue weighted by atomic mass is 127. The monoisotopic (exact) mass is 517 g/mol. The Labute approximate surface area is 185 Å². The summed E-state index contributed by atoms with van der Waals surface area (Å²) in [4.78, 5) is 12.4. The van der Waals surface area contributed by atoms with E-state index in [9.17, 15) is 9.18 Å². The quantitative estimate of drug-likeness (QED) is 0.347. The van der Waals surface area contributed by atoms with Gasteiger partial charge in [0.2, 0.25) is 0 Å². The maximum absolute atomic E-state index is 13.3. The van der Waals surface area contributed by atoms with E-state index < -0.39 is 5.91 Å². The molecule has 30 heavy (non-hydrogen) atoms. The molecule has 0 spiro atoms. The smallest absolute Gasteiger partial charge is 0.292 e. The number of furan rings is 1. The van der Waals surface area contributed by atoms with E-state index >= 15 is 0 Å². The Bertz CT molecular complexity index is 1150. The first-order valence-corrected chi connectivity index (χ1v) is 10.2. The second-order valence-corrected chi connectivity index (χ2v) is 7.74. The average Bonchev–Trinajstić information content (AvgIpc) is 3.37. The van der Waals surface area contributed by atoms with Crippen molar-refractivity contribution in [1.82, 2.24) is 9.78 Å². The topological polar surface area (TPSA) is 69.3 Å². The third kappa shape index (κ3) is 5.26. The van der Waals surface area contributed by atoms with Gasteiger partial charge in [0.25, 0.3) is 5.91 Å². The van der Waals surface area contributed by atoms with Gasteiger partial charge in [0.05, 0.1) is 6.54 Å². The first-order chi connectivity index (χ1) is 14.5. The first kappa shape index (κ1) is 20.1. The number of carbonyl (C=O) groups excluding carboxylic acids is 1. The van der Waals surface area contributed by atoms with E-state index in [-0.39, 0.29) is 18.2 Å². The van der Waals surface area contributed by atoms with Crippen LogP contribution < -0.4 is 10.1 Å². The van der Waals surface area contributed by atoms with Gasteiger partial charge >= 0.3 is 0 Å².